The third-order valence-corrected chi connectivity index (χ3v) is 6.80. The molecule has 0 bridgehead atoms. The summed E-state index contributed by atoms with van der Waals surface area (Å²) in [6, 6.07) is 16.6. The topological polar surface area (TPSA) is 68.5 Å². The minimum absolute atomic E-state index is 0.114. The van der Waals surface area contributed by atoms with Gasteiger partial charge in [-0.25, -0.2) is 0 Å². The fraction of sp³-hybridized carbons (Fsp3) is 0.458. The monoisotopic (exact) mass is 389 g/mol. The van der Waals surface area contributed by atoms with Gasteiger partial charge in [0.25, 0.3) is 0 Å². The molecule has 3 aliphatic heterocycles. The summed E-state index contributed by atoms with van der Waals surface area (Å²) in [5, 5.41) is 22.8. The summed E-state index contributed by atoms with van der Waals surface area (Å²) in [5.74, 6) is 1.60. The molecule has 5 rings (SSSR count). The number of phenolic OH excluding ortho intramolecular Hbond substituents is 1. The molecule has 29 heavy (non-hydrogen) atoms. The molecule has 3 aliphatic rings. The van der Waals surface area contributed by atoms with Crippen LogP contribution in [0.2, 0.25) is 0 Å². The average Bonchev–Trinajstić information content (AvgIpc) is 3.23. The van der Waals surface area contributed by atoms with E-state index in [0.717, 1.165) is 68.9 Å². The zero-order chi connectivity index (χ0) is 19.8. The Kier molecular flexibility index (Phi) is 4.60. The van der Waals surface area contributed by atoms with Gasteiger partial charge in [0.1, 0.15) is 17.1 Å². The summed E-state index contributed by atoms with van der Waals surface area (Å²) in [7, 11) is 0. The summed E-state index contributed by atoms with van der Waals surface area (Å²) >= 11 is 0. The zero-order valence-electron chi connectivity index (χ0n) is 16.6. The molecule has 2 atom stereocenters. The van der Waals surface area contributed by atoms with E-state index >= 15 is 0 Å². The van der Waals surface area contributed by atoms with Gasteiger partial charge < -0.3 is 20.1 Å². The SMILES string of the molecule is N#CC1CCN(c2ccc3c(c2)OC2(CCNCC2)CC3c2cccc(O)c2)C1. The summed E-state index contributed by atoms with van der Waals surface area (Å²) < 4.78 is 6.70. The molecule has 2 aromatic rings. The highest BCUT2D eigenvalue weighted by atomic mass is 16.5. The fourth-order valence-corrected chi connectivity index (χ4v) is 5.18. The molecule has 5 heteroatoms. The van der Waals surface area contributed by atoms with Crippen LogP contribution in [0.4, 0.5) is 5.69 Å². The average molecular weight is 389 g/mol. The molecule has 2 aromatic carbocycles. The predicted molar refractivity (Wildman–Crippen MR) is 112 cm³/mol. The summed E-state index contributed by atoms with van der Waals surface area (Å²) in [5.41, 5.74) is 3.32. The molecule has 0 saturated carbocycles. The number of piperidine rings is 1. The van der Waals surface area contributed by atoms with E-state index in [9.17, 15) is 10.4 Å². The minimum atomic E-state index is -0.160. The molecule has 5 nitrogen and oxygen atoms in total. The maximum absolute atomic E-state index is 10.1. The van der Waals surface area contributed by atoms with E-state index < -0.39 is 0 Å². The highest BCUT2D eigenvalue weighted by Gasteiger charge is 2.42. The molecule has 0 amide bonds. The minimum Gasteiger partial charge on any atom is -0.508 e. The van der Waals surface area contributed by atoms with Crippen molar-refractivity contribution in [3.63, 3.8) is 0 Å². The van der Waals surface area contributed by atoms with Crippen molar-refractivity contribution in [2.24, 2.45) is 5.92 Å². The lowest BCUT2D eigenvalue weighted by atomic mass is 9.75. The van der Waals surface area contributed by atoms with Gasteiger partial charge in [0.2, 0.25) is 0 Å². The van der Waals surface area contributed by atoms with E-state index in [2.05, 4.69) is 40.6 Å². The van der Waals surface area contributed by atoms with Crippen LogP contribution in [-0.4, -0.2) is 36.9 Å². The van der Waals surface area contributed by atoms with E-state index in [4.69, 9.17) is 4.74 Å². The Morgan fingerprint density at radius 1 is 1.17 bits per heavy atom. The Bertz CT molecular complexity index is 945. The second-order valence-electron chi connectivity index (χ2n) is 8.67. The van der Waals surface area contributed by atoms with Crippen LogP contribution in [-0.2, 0) is 0 Å². The second kappa shape index (κ2) is 7.27. The van der Waals surface area contributed by atoms with Crippen LogP contribution in [0.5, 0.6) is 11.5 Å². The van der Waals surface area contributed by atoms with E-state index in [-0.39, 0.29) is 17.4 Å². The van der Waals surface area contributed by atoms with Crippen molar-refractivity contribution >= 4 is 5.69 Å². The lowest BCUT2D eigenvalue weighted by molar-refractivity contribution is 0.0114. The van der Waals surface area contributed by atoms with Crippen LogP contribution < -0.4 is 15.0 Å². The van der Waals surface area contributed by atoms with Crippen LogP contribution in [0.1, 0.15) is 42.7 Å². The maximum atomic E-state index is 10.1. The molecule has 0 radical (unpaired) electrons. The van der Waals surface area contributed by atoms with Gasteiger partial charge in [0, 0.05) is 36.3 Å². The van der Waals surface area contributed by atoms with Gasteiger partial charge in [0.15, 0.2) is 0 Å². The summed E-state index contributed by atoms with van der Waals surface area (Å²) in [4.78, 5) is 2.30. The Balaban J connectivity index is 1.54. The first kappa shape index (κ1) is 18.3. The van der Waals surface area contributed by atoms with Crippen LogP contribution >= 0.6 is 0 Å². The van der Waals surface area contributed by atoms with Gasteiger partial charge in [-0.05, 0) is 62.5 Å². The molecule has 3 heterocycles. The molecule has 2 saturated heterocycles. The van der Waals surface area contributed by atoms with Gasteiger partial charge in [0.05, 0.1) is 12.0 Å². The normalized spacial score (nSPS) is 25.3. The maximum Gasteiger partial charge on any atom is 0.126 e. The van der Waals surface area contributed by atoms with Crippen LogP contribution in [0.3, 0.4) is 0 Å². The summed E-state index contributed by atoms with van der Waals surface area (Å²) in [6.45, 7) is 3.65. The zero-order valence-corrected chi connectivity index (χ0v) is 16.6. The number of hydrogen-bond acceptors (Lipinski definition) is 5. The van der Waals surface area contributed by atoms with E-state index in [1.54, 1.807) is 6.07 Å². The molecule has 0 aromatic heterocycles. The van der Waals surface area contributed by atoms with Crippen molar-refractivity contribution in [2.75, 3.05) is 31.1 Å². The van der Waals surface area contributed by atoms with Gasteiger partial charge in [-0.1, -0.05) is 18.2 Å². The lowest BCUT2D eigenvalue weighted by Gasteiger charge is -2.45. The third kappa shape index (κ3) is 3.42. The first-order chi connectivity index (χ1) is 14.2. The largest absolute Gasteiger partial charge is 0.508 e. The number of benzene rings is 2. The first-order valence-electron chi connectivity index (χ1n) is 10.6. The number of anilines is 1. The van der Waals surface area contributed by atoms with Crippen LogP contribution in [0.15, 0.2) is 42.5 Å². The van der Waals surface area contributed by atoms with Crippen molar-refractivity contribution in [2.45, 2.75) is 37.2 Å². The Labute approximate surface area is 171 Å². The highest BCUT2D eigenvalue weighted by Crippen LogP contribution is 2.48. The number of fused-ring (bicyclic) bond motifs is 1. The highest BCUT2D eigenvalue weighted by molar-refractivity contribution is 5.58. The summed E-state index contributed by atoms with van der Waals surface area (Å²) in [6.07, 6.45) is 3.85. The van der Waals surface area contributed by atoms with Gasteiger partial charge in [-0.2, -0.15) is 5.26 Å². The Hall–Kier alpha value is -2.71. The van der Waals surface area contributed by atoms with Gasteiger partial charge in [-0.15, -0.1) is 0 Å². The molecule has 2 fully saturated rings. The molecule has 150 valence electrons. The number of nitriles is 1. The molecule has 2 unspecified atom stereocenters. The Morgan fingerprint density at radius 3 is 2.79 bits per heavy atom. The first-order valence-corrected chi connectivity index (χ1v) is 10.6. The second-order valence-corrected chi connectivity index (χ2v) is 8.67. The van der Waals surface area contributed by atoms with Crippen molar-refractivity contribution < 1.29 is 9.84 Å². The lowest BCUT2D eigenvalue weighted by Crippen LogP contribution is -2.49. The Morgan fingerprint density at radius 2 is 2.03 bits per heavy atom. The van der Waals surface area contributed by atoms with Crippen molar-refractivity contribution in [3.05, 3.63) is 53.6 Å². The third-order valence-electron chi connectivity index (χ3n) is 6.80. The molecule has 2 N–H and O–H groups in total. The molecule has 0 aliphatic carbocycles. The number of rotatable bonds is 2. The number of hydrogen-bond donors (Lipinski definition) is 2. The standard InChI is InChI=1S/C24H27N3O2/c25-15-17-6-11-27(16-17)19-4-5-21-22(18-2-1-3-20(28)12-18)14-24(29-23(21)13-19)7-9-26-10-8-24/h1-5,12-13,17,22,26,28H,6-11,14,16H2. The van der Waals surface area contributed by atoms with Crippen LogP contribution in [0, 0.1) is 17.2 Å². The number of aromatic hydroxyl groups is 1. The smallest absolute Gasteiger partial charge is 0.126 e. The number of nitrogens with one attached hydrogen (secondary N) is 1. The van der Waals surface area contributed by atoms with Gasteiger partial charge in [-0.3, -0.25) is 0 Å². The number of nitrogens with zero attached hydrogens (tertiary/aromatic N) is 2. The van der Waals surface area contributed by atoms with Crippen LogP contribution in [0.25, 0.3) is 0 Å². The van der Waals surface area contributed by atoms with Crippen molar-refractivity contribution in [1.29, 1.82) is 5.26 Å². The molecular weight excluding hydrogens is 362 g/mol. The van der Waals surface area contributed by atoms with E-state index in [1.165, 1.54) is 5.56 Å². The van der Waals surface area contributed by atoms with Crippen molar-refractivity contribution in [3.8, 4) is 17.6 Å². The van der Waals surface area contributed by atoms with E-state index in [0.29, 0.717) is 5.75 Å². The quantitative estimate of drug-likeness (QED) is 0.818. The van der Waals surface area contributed by atoms with Gasteiger partial charge >= 0.3 is 0 Å². The number of phenols is 1. The van der Waals surface area contributed by atoms with E-state index in [1.807, 2.05) is 12.1 Å². The van der Waals surface area contributed by atoms with Crippen molar-refractivity contribution in [1.82, 2.24) is 5.32 Å². The fourth-order valence-electron chi connectivity index (χ4n) is 5.18. The molecular formula is C24H27N3O2. The molecule has 1 spiro atoms. The number of ether oxygens (including phenoxy) is 1. The predicted octanol–water partition coefficient (Wildman–Crippen LogP) is 3.78.